The number of hydrogen-bond donors (Lipinski definition) is 1. The van der Waals surface area contributed by atoms with Crippen LogP contribution in [-0.2, 0) is 14.4 Å². The van der Waals surface area contributed by atoms with Crippen LogP contribution in [0.2, 0.25) is 0 Å². The molecule has 3 aromatic rings. The van der Waals surface area contributed by atoms with E-state index < -0.39 is 33.4 Å². The summed E-state index contributed by atoms with van der Waals surface area (Å²) in [5.41, 5.74) is 4.30. The van der Waals surface area contributed by atoms with Crippen molar-refractivity contribution in [1.82, 2.24) is 4.90 Å². The highest BCUT2D eigenvalue weighted by Crippen LogP contribution is 2.66. The molecule has 0 saturated carbocycles. The molecule has 45 heavy (non-hydrogen) atoms. The Hall–Kier alpha value is -4.14. The lowest BCUT2D eigenvalue weighted by Crippen LogP contribution is -2.54. The van der Waals surface area contributed by atoms with Gasteiger partial charge in [-0.15, -0.1) is 11.8 Å². The first-order chi connectivity index (χ1) is 21.7. The zero-order valence-electron chi connectivity index (χ0n) is 25.7. The number of hydrogen-bond acceptors (Lipinski definition) is 5. The van der Waals surface area contributed by atoms with Gasteiger partial charge in [-0.05, 0) is 55.7 Å². The molecule has 6 atom stereocenters. The summed E-state index contributed by atoms with van der Waals surface area (Å²) < 4.78 is -1.76. The summed E-state index contributed by atoms with van der Waals surface area (Å²) >= 11 is 1.55. The number of thioether (sulfide) groups is 1. The van der Waals surface area contributed by atoms with Crippen molar-refractivity contribution in [3.8, 4) is 0 Å². The van der Waals surface area contributed by atoms with E-state index in [4.69, 9.17) is 0 Å². The number of aryl methyl sites for hydroxylation is 2. The molecular formula is C37H37N3O4S. The summed E-state index contributed by atoms with van der Waals surface area (Å²) in [7, 11) is 0. The van der Waals surface area contributed by atoms with Crippen molar-refractivity contribution in [1.29, 1.82) is 0 Å². The first kappa shape index (κ1) is 29.6. The fourth-order valence-electron chi connectivity index (χ4n) is 7.89. The predicted octanol–water partition coefficient (Wildman–Crippen LogP) is 5.23. The topological polar surface area (TPSA) is 81.2 Å². The molecule has 2 saturated heterocycles. The number of benzene rings is 3. The number of amides is 3. The van der Waals surface area contributed by atoms with E-state index in [0.29, 0.717) is 13.1 Å². The van der Waals surface area contributed by atoms with Gasteiger partial charge in [-0.3, -0.25) is 14.4 Å². The number of rotatable bonds is 5. The molecule has 0 radical (unpaired) electrons. The van der Waals surface area contributed by atoms with Crippen molar-refractivity contribution in [3.63, 3.8) is 0 Å². The molecule has 1 N–H and O–H groups in total. The summed E-state index contributed by atoms with van der Waals surface area (Å²) in [6.07, 6.45) is 8.10. The van der Waals surface area contributed by atoms with E-state index in [1.54, 1.807) is 26.5 Å². The van der Waals surface area contributed by atoms with Crippen molar-refractivity contribution < 1.29 is 19.5 Å². The number of anilines is 2. The molecule has 0 aromatic heterocycles. The molecule has 230 valence electrons. The normalized spacial score (nSPS) is 29.7. The van der Waals surface area contributed by atoms with E-state index in [0.717, 1.165) is 28.1 Å². The van der Waals surface area contributed by atoms with Gasteiger partial charge in [0.25, 0.3) is 5.91 Å². The molecule has 7 rings (SSSR count). The highest BCUT2D eigenvalue weighted by Gasteiger charge is 2.74. The van der Waals surface area contributed by atoms with Gasteiger partial charge < -0.3 is 19.8 Å². The second-order valence-corrected chi connectivity index (χ2v) is 14.5. The Morgan fingerprint density at radius 3 is 2.20 bits per heavy atom. The minimum Gasteiger partial charge on any atom is -0.394 e. The maximum Gasteiger partial charge on any atom is 0.251 e. The lowest BCUT2D eigenvalue weighted by molar-refractivity contribution is -0.142. The molecular weight excluding hydrogens is 582 g/mol. The Morgan fingerprint density at radius 1 is 0.822 bits per heavy atom. The van der Waals surface area contributed by atoms with Gasteiger partial charge in [-0.2, -0.15) is 0 Å². The predicted molar refractivity (Wildman–Crippen MR) is 178 cm³/mol. The number of carbonyl (C=O) groups excluding carboxylic acids is 3. The van der Waals surface area contributed by atoms with Crippen molar-refractivity contribution in [2.24, 2.45) is 11.8 Å². The molecule has 7 nitrogen and oxygen atoms in total. The average molecular weight is 620 g/mol. The number of para-hydroxylation sites is 1. The largest absolute Gasteiger partial charge is 0.394 e. The molecule has 3 aromatic carbocycles. The Kier molecular flexibility index (Phi) is 7.25. The summed E-state index contributed by atoms with van der Waals surface area (Å²) in [6, 6.07) is 23.3. The van der Waals surface area contributed by atoms with E-state index in [-0.39, 0.29) is 24.3 Å². The Balaban J connectivity index is 1.41. The standard InChI is InChI=1S/C37H37N3O4S/c1-24-16-17-25(2)28(22-24)39-21-11-19-37-31(34(43)40(32(37)35(39)44)29(23-41)26-12-6-4-7-13-26)30-33(42)38(27-14-8-5-9-15-27)20-10-18-36(30,3)45-37/h4-19,22,29-32,41H,20-21,23H2,1-3H3/t29-,30+,31+,32?,36-,37+/m1/s1. The Labute approximate surface area is 268 Å². The smallest absolute Gasteiger partial charge is 0.251 e. The third-order valence-electron chi connectivity index (χ3n) is 9.91. The maximum atomic E-state index is 15.1. The molecule has 3 amide bonds. The summed E-state index contributed by atoms with van der Waals surface area (Å²) in [5.74, 6) is -2.14. The van der Waals surface area contributed by atoms with Crippen molar-refractivity contribution in [2.45, 2.75) is 42.3 Å². The highest BCUT2D eigenvalue weighted by molar-refractivity contribution is 8.02. The Morgan fingerprint density at radius 2 is 1.49 bits per heavy atom. The quantitative estimate of drug-likeness (QED) is 0.396. The van der Waals surface area contributed by atoms with E-state index in [9.17, 15) is 9.90 Å². The molecule has 0 aliphatic carbocycles. The number of aliphatic hydroxyl groups excluding tert-OH is 1. The molecule has 4 heterocycles. The molecule has 0 bridgehead atoms. The minimum absolute atomic E-state index is 0.131. The summed E-state index contributed by atoms with van der Waals surface area (Å²) in [6.45, 7) is 6.39. The van der Waals surface area contributed by atoms with Crippen LogP contribution in [0.15, 0.2) is 103 Å². The molecule has 2 fully saturated rings. The second-order valence-electron chi connectivity index (χ2n) is 12.7. The van der Waals surface area contributed by atoms with Gasteiger partial charge in [0.15, 0.2) is 0 Å². The molecule has 1 unspecified atom stereocenters. The summed E-state index contributed by atoms with van der Waals surface area (Å²) in [5, 5.41) is 10.9. The van der Waals surface area contributed by atoms with Gasteiger partial charge in [-0.25, -0.2) is 0 Å². The van der Waals surface area contributed by atoms with Gasteiger partial charge in [0, 0.05) is 29.2 Å². The SMILES string of the molecule is Cc1ccc(C)c(N2CC=C[C@]34S[C@]5(C)C=CCN(c6ccccc6)C(=O)[C@@H]5[C@H]3C(=O)N([C@H](CO)c3ccccc3)C4C2=O)c1. The number of fused-ring (bicyclic) bond motifs is 2. The van der Waals surface area contributed by atoms with Crippen LogP contribution in [0.4, 0.5) is 11.4 Å². The number of likely N-dealkylation sites (tertiary alicyclic amines) is 1. The van der Waals surface area contributed by atoms with Crippen molar-refractivity contribution in [3.05, 3.63) is 120 Å². The zero-order valence-corrected chi connectivity index (χ0v) is 26.5. The van der Waals surface area contributed by atoms with Gasteiger partial charge in [0.05, 0.1) is 29.2 Å². The molecule has 8 heteroatoms. The van der Waals surface area contributed by atoms with Crippen LogP contribution < -0.4 is 9.80 Å². The Bertz CT molecular complexity index is 1730. The van der Waals surface area contributed by atoms with Crippen LogP contribution in [0.25, 0.3) is 0 Å². The van der Waals surface area contributed by atoms with E-state index >= 15 is 9.59 Å². The second kappa shape index (κ2) is 11.0. The van der Waals surface area contributed by atoms with Gasteiger partial charge in [0.1, 0.15) is 6.04 Å². The van der Waals surface area contributed by atoms with E-state index in [1.165, 1.54) is 0 Å². The first-order valence-electron chi connectivity index (χ1n) is 15.5. The number of nitrogens with zero attached hydrogens (tertiary/aromatic N) is 3. The lowest BCUT2D eigenvalue weighted by atomic mass is 9.74. The monoisotopic (exact) mass is 619 g/mol. The van der Waals surface area contributed by atoms with Crippen LogP contribution in [0.1, 0.15) is 29.7 Å². The van der Waals surface area contributed by atoms with Gasteiger partial charge in [0.2, 0.25) is 11.8 Å². The summed E-state index contributed by atoms with van der Waals surface area (Å²) in [4.78, 5) is 49.9. The minimum atomic E-state index is -1.03. The number of carbonyl (C=O) groups is 3. The van der Waals surface area contributed by atoms with Gasteiger partial charge in [-0.1, -0.05) is 85.0 Å². The van der Waals surface area contributed by atoms with Crippen LogP contribution in [-0.4, -0.2) is 63.0 Å². The fraction of sp³-hybridized carbons (Fsp3) is 0.324. The van der Waals surface area contributed by atoms with Crippen LogP contribution >= 0.6 is 11.8 Å². The first-order valence-corrected chi connectivity index (χ1v) is 16.3. The van der Waals surface area contributed by atoms with Gasteiger partial charge >= 0.3 is 0 Å². The molecule has 4 aliphatic heterocycles. The van der Waals surface area contributed by atoms with Crippen LogP contribution in [0.3, 0.4) is 0 Å². The van der Waals surface area contributed by atoms with E-state index in [1.807, 2.05) is 118 Å². The third kappa shape index (κ3) is 4.49. The molecule has 1 spiro atoms. The zero-order chi connectivity index (χ0) is 31.5. The fourth-order valence-corrected chi connectivity index (χ4v) is 10.0. The average Bonchev–Trinajstić information content (AvgIpc) is 3.31. The van der Waals surface area contributed by atoms with Crippen molar-refractivity contribution >= 4 is 40.9 Å². The highest BCUT2D eigenvalue weighted by atomic mass is 32.2. The number of aliphatic hydroxyl groups is 1. The van der Waals surface area contributed by atoms with Crippen molar-refractivity contribution in [2.75, 3.05) is 29.5 Å². The van der Waals surface area contributed by atoms with Crippen LogP contribution in [0.5, 0.6) is 0 Å². The van der Waals surface area contributed by atoms with Crippen LogP contribution in [0, 0.1) is 25.7 Å². The third-order valence-corrected chi connectivity index (χ3v) is 11.7. The maximum absolute atomic E-state index is 15.1. The lowest BCUT2D eigenvalue weighted by Gasteiger charge is -2.40. The molecule has 4 aliphatic rings. The van der Waals surface area contributed by atoms with E-state index in [2.05, 4.69) is 6.08 Å².